The lowest BCUT2D eigenvalue weighted by Crippen LogP contribution is -2.38. The summed E-state index contributed by atoms with van der Waals surface area (Å²) in [6.07, 6.45) is -2.11. The van der Waals surface area contributed by atoms with Gasteiger partial charge in [-0.2, -0.15) is 0 Å². The van der Waals surface area contributed by atoms with Gasteiger partial charge in [-0.3, -0.25) is 0 Å². The molecular formula is C37H37NO6. The minimum absolute atomic E-state index is 0.256. The van der Waals surface area contributed by atoms with Crippen LogP contribution < -0.4 is 0 Å². The van der Waals surface area contributed by atoms with Gasteiger partial charge in [0.2, 0.25) is 0 Å². The van der Waals surface area contributed by atoms with E-state index in [0.29, 0.717) is 31.1 Å². The predicted molar refractivity (Wildman–Crippen MR) is 168 cm³/mol. The van der Waals surface area contributed by atoms with Crippen molar-refractivity contribution in [2.45, 2.75) is 51.2 Å². The number of fused-ring (bicyclic) bond motifs is 1. The number of rotatable bonds is 13. The van der Waals surface area contributed by atoms with E-state index in [1.807, 2.05) is 115 Å². The number of H-pyrrole nitrogens is 1. The van der Waals surface area contributed by atoms with E-state index >= 15 is 0 Å². The zero-order valence-electron chi connectivity index (χ0n) is 24.8. The number of nitrogens with one attached hydrogen (secondary N) is 1. The summed E-state index contributed by atoms with van der Waals surface area (Å²) in [6, 6.07) is 37.9. The fraction of sp³-hybridized carbons (Fsp3) is 0.270. The van der Waals surface area contributed by atoms with Crippen molar-refractivity contribution in [2.75, 3.05) is 13.2 Å². The Hall–Kier alpha value is -4.27. The number of hydrogen-bond donors (Lipinski definition) is 1. The Bertz CT molecular complexity index is 1620. The largest absolute Gasteiger partial charge is 0.461 e. The quantitative estimate of drug-likeness (QED) is 0.146. The molecule has 0 unspecified atom stereocenters. The maximum atomic E-state index is 13.3. The average Bonchev–Trinajstić information content (AvgIpc) is 3.62. The van der Waals surface area contributed by atoms with Gasteiger partial charge in [0.05, 0.1) is 33.0 Å². The second kappa shape index (κ2) is 14.5. The minimum Gasteiger partial charge on any atom is -0.461 e. The summed E-state index contributed by atoms with van der Waals surface area (Å²) in [5.74, 6) is -0.436. The van der Waals surface area contributed by atoms with Crippen molar-refractivity contribution in [3.8, 4) is 0 Å². The molecule has 2 heterocycles. The molecule has 7 nitrogen and oxygen atoms in total. The van der Waals surface area contributed by atoms with Crippen molar-refractivity contribution in [2.24, 2.45) is 0 Å². The van der Waals surface area contributed by atoms with E-state index in [1.54, 1.807) is 6.92 Å². The highest BCUT2D eigenvalue weighted by Crippen LogP contribution is 2.43. The summed E-state index contributed by atoms with van der Waals surface area (Å²) in [7, 11) is 0. The highest BCUT2D eigenvalue weighted by Gasteiger charge is 2.49. The zero-order valence-corrected chi connectivity index (χ0v) is 24.8. The van der Waals surface area contributed by atoms with E-state index in [9.17, 15) is 4.79 Å². The van der Waals surface area contributed by atoms with Crippen LogP contribution >= 0.6 is 0 Å². The fourth-order valence-electron chi connectivity index (χ4n) is 5.70. The van der Waals surface area contributed by atoms with Crippen LogP contribution in [0, 0.1) is 0 Å². The first-order valence-corrected chi connectivity index (χ1v) is 15.1. The third-order valence-electron chi connectivity index (χ3n) is 7.78. The molecule has 1 saturated heterocycles. The van der Waals surface area contributed by atoms with E-state index in [4.69, 9.17) is 23.7 Å². The number of benzene rings is 4. The second-order valence-electron chi connectivity index (χ2n) is 10.8. The van der Waals surface area contributed by atoms with Gasteiger partial charge in [0.1, 0.15) is 30.1 Å². The Kier molecular flexibility index (Phi) is 9.79. The van der Waals surface area contributed by atoms with Gasteiger partial charge in [-0.25, -0.2) is 4.79 Å². The maximum Gasteiger partial charge on any atom is 0.355 e. The molecule has 1 N–H and O–H groups in total. The standard InChI is InChI=1S/C37H37NO6/c1-2-41-37(39)33-32(29-20-12-13-21-30(29)38-33)35-36(43-24-28-18-10-5-11-19-28)34(42-23-27-16-8-4-9-17-27)31(44-35)25-40-22-26-14-6-3-7-15-26/h3-21,31,34-36,38H,2,22-25H2,1H3/t31-,34-,35-,36-/m1/s1. The first-order valence-electron chi connectivity index (χ1n) is 15.1. The van der Waals surface area contributed by atoms with Crippen LogP contribution in [0.1, 0.15) is 45.8 Å². The fourth-order valence-corrected chi connectivity index (χ4v) is 5.70. The number of esters is 1. The van der Waals surface area contributed by atoms with Crippen molar-refractivity contribution in [1.29, 1.82) is 0 Å². The van der Waals surface area contributed by atoms with Crippen LogP contribution in [-0.2, 0) is 43.5 Å². The first-order chi connectivity index (χ1) is 21.7. The van der Waals surface area contributed by atoms with Crippen LogP contribution in [0.3, 0.4) is 0 Å². The number of hydrogen-bond acceptors (Lipinski definition) is 6. The third-order valence-corrected chi connectivity index (χ3v) is 7.78. The van der Waals surface area contributed by atoms with Crippen molar-refractivity contribution >= 4 is 16.9 Å². The number of aromatic nitrogens is 1. The Morgan fingerprint density at radius 2 is 1.25 bits per heavy atom. The molecule has 0 amide bonds. The van der Waals surface area contributed by atoms with Crippen molar-refractivity contribution in [3.05, 3.63) is 143 Å². The van der Waals surface area contributed by atoms with Crippen LogP contribution in [0.25, 0.3) is 10.9 Å². The van der Waals surface area contributed by atoms with Gasteiger partial charge < -0.3 is 28.7 Å². The first kappa shape index (κ1) is 29.8. The van der Waals surface area contributed by atoms with Crippen molar-refractivity contribution in [3.63, 3.8) is 0 Å². The van der Waals surface area contributed by atoms with Gasteiger partial charge in [0.15, 0.2) is 0 Å². The summed E-state index contributed by atoms with van der Waals surface area (Å²) in [6.45, 7) is 3.50. The summed E-state index contributed by atoms with van der Waals surface area (Å²) >= 11 is 0. The van der Waals surface area contributed by atoms with E-state index in [1.165, 1.54) is 0 Å². The lowest BCUT2D eigenvalue weighted by atomic mass is 9.98. The van der Waals surface area contributed by atoms with E-state index < -0.39 is 30.4 Å². The van der Waals surface area contributed by atoms with Gasteiger partial charge in [0.25, 0.3) is 0 Å². The van der Waals surface area contributed by atoms with E-state index in [0.717, 1.165) is 27.6 Å². The van der Waals surface area contributed by atoms with Gasteiger partial charge in [-0.15, -0.1) is 0 Å². The summed E-state index contributed by atoms with van der Waals surface area (Å²) < 4.78 is 31.8. The monoisotopic (exact) mass is 591 g/mol. The smallest absolute Gasteiger partial charge is 0.355 e. The Morgan fingerprint density at radius 1 is 0.705 bits per heavy atom. The molecule has 0 bridgehead atoms. The molecule has 5 aromatic rings. The highest BCUT2D eigenvalue weighted by molar-refractivity contribution is 5.98. The molecule has 1 aromatic heterocycles. The SMILES string of the molecule is CCOC(=O)c1[nH]c2ccccc2c1[C@H]1O[C@H](COCc2ccccc2)[C@@H](OCc2ccccc2)[C@H]1OCc1ccccc1. The summed E-state index contributed by atoms with van der Waals surface area (Å²) in [4.78, 5) is 16.6. The molecule has 0 aliphatic carbocycles. The molecule has 44 heavy (non-hydrogen) atoms. The van der Waals surface area contributed by atoms with Gasteiger partial charge >= 0.3 is 5.97 Å². The number of carbonyl (C=O) groups excluding carboxylic acids is 1. The lowest BCUT2D eigenvalue weighted by Gasteiger charge is -2.25. The molecular weight excluding hydrogens is 554 g/mol. The van der Waals surface area contributed by atoms with E-state index in [-0.39, 0.29) is 13.2 Å². The van der Waals surface area contributed by atoms with Gasteiger partial charge in [-0.05, 0) is 29.7 Å². The molecule has 4 atom stereocenters. The van der Waals surface area contributed by atoms with Gasteiger partial charge in [0, 0.05) is 16.5 Å². The lowest BCUT2D eigenvalue weighted by molar-refractivity contribution is -0.0898. The molecule has 0 spiro atoms. The zero-order chi connectivity index (χ0) is 30.1. The molecule has 0 saturated carbocycles. The Labute approximate surface area is 257 Å². The number of para-hydroxylation sites is 1. The van der Waals surface area contributed by atoms with Crippen LogP contribution in [0.5, 0.6) is 0 Å². The minimum atomic E-state index is -0.625. The van der Waals surface area contributed by atoms with Crippen molar-refractivity contribution in [1.82, 2.24) is 4.98 Å². The normalized spacial score (nSPS) is 19.8. The highest BCUT2D eigenvalue weighted by atomic mass is 16.6. The van der Waals surface area contributed by atoms with Crippen LogP contribution in [-0.4, -0.2) is 42.5 Å². The molecule has 6 rings (SSSR count). The molecule has 1 aliphatic rings. The molecule has 1 aliphatic heterocycles. The maximum absolute atomic E-state index is 13.3. The summed E-state index contributed by atoms with van der Waals surface area (Å²) in [5, 5.41) is 0.876. The number of aromatic amines is 1. The Morgan fingerprint density at radius 3 is 1.86 bits per heavy atom. The predicted octanol–water partition coefficient (Wildman–Crippen LogP) is 7.17. The molecule has 4 aromatic carbocycles. The molecule has 1 fully saturated rings. The van der Waals surface area contributed by atoms with Crippen molar-refractivity contribution < 1.29 is 28.5 Å². The number of carbonyl (C=O) groups is 1. The van der Waals surface area contributed by atoms with Crippen LogP contribution in [0.2, 0.25) is 0 Å². The number of ether oxygens (including phenoxy) is 5. The van der Waals surface area contributed by atoms with Crippen LogP contribution in [0.15, 0.2) is 115 Å². The topological polar surface area (TPSA) is 79.0 Å². The molecule has 226 valence electrons. The van der Waals surface area contributed by atoms with E-state index in [2.05, 4.69) is 4.98 Å². The average molecular weight is 592 g/mol. The van der Waals surface area contributed by atoms with Gasteiger partial charge in [-0.1, -0.05) is 109 Å². The molecule has 7 heteroatoms. The Balaban J connectivity index is 1.36. The second-order valence-corrected chi connectivity index (χ2v) is 10.8. The van der Waals surface area contributed by atoms with Crippen LogP contribution in [0.4, 0.5) is 0 Å². The third kappa shape index (κ3) is 6.93. The summed E-state index contributed by atoms with van der Waals surface area (Å²) in [5.41, 5.74) is 5.03. The molecule has 0 radical (unpaired) electrons.